The number of aryl methyl sites for hydroxylation is 1. The average molecular weight is 372 g/mol. The number of hydrogen-bond donors (Lipinski definition) is 2. The van der Waals surface area contributed by atoms with Crippen LogP contribution in [-0.2, 0) is 25.5 Å². The second-order valence-corrected chi connectivity index (χ2v) is 7.83. The number of hydrogen-bond acceptors (Lipinski definition) is 6. The number of nitrogens with two attached hydrogens (primary N) is 1. The molecule has 142 valence electrons. The van der Waals surface area contributed by atoms with E-state index >= 15 is 0 Å². The molecule has 0 unspecified atom stereocenters. The highest BCUT2D eigenvalue weighted by Gasteiger charge is 2.13. The summed E-state index contributed by atoms with van der Waals surface area (Å²) in [5.41, 5.74) is 8.90. The van der Waals surface area contributed by atoms with E-state index in [2.05, 4.69) is 4.90 Å². The molecule has 0 heterocycles. The standard InChI is InChI=1S/C17H28N2O5S/c1-4-7-19(8-9-24-25(3,22)23)16-6-5-13(2)14(11-16)10-15(18)12-17(20)21/h5-6,11,15H,4,7-10,12,18H2,1-3H3,(H,20,21)/t15-/m0/s1. The monoisotopic (exact) mass is 372 g/mol. The third-order valence-corrected chi connectivity index (χ3v) is 4.36. The minimum absolute atomic E-state index is 0.0788. The minimum Gasteiger partial charge on any atom is -0.481 e. The predicted octanol–water partition coefficient (Wildman–Crippen LogP) is 1.53. The fraction of sp³-hybridized carbons (Fsp3) is 0.588. The van der Waals surface area contributed by atoms with Gasteiger partial charge in [0.1, 0.15) is 0 Å². The molecule has 0 spiro atoms. The van der Waals surface area contributed by atoms with Crippen molar-refractivity contribution < 1.29 is 22.5 Å². The second kappa shape index (κ2) is 9.74. The molecule has 1 aromatic rings. The Morgan fingerprint density at radius 3 is 2.60 bits per heavy atom. The number of carboxylic acids is 1. The van der Waals surface area contributed by atoms with E-state index in [4.69, 9.17) is 15.0 Å². The summed E-state index contributed by atoms with van der Waals surface area (Å²) >= 11 is 0. The minimum atomic E-state index is -3.46. The van der Waals surface area contributed by atoms with Crippen LogP contribution in [0, 0.1) is 6.92 Å². The van der Waals surface area contributed by atoms with E-state index < -0.39 is 22.1 Å². The molecule has 0 fully saturated rings. The van der Waals surface area contributed by atoms with Gasteiger partial charge in [-0.05, 0) is 43.0 Å². The maximum Gasteiger partial charge on any atom is 0.304 e. The number of anilines is 1. The molecule has 0 aliphatic carbocycles. The van der Waals surface area contributed by atoms with Gasteiger partial charge in [-0.25, -0.2) is 0 Å². The first-order valence-electron chi connectivity index (χ1n) is 8.28. The largest absolute Gasteiger partial charge is 0.481 e. The van der Waals surface area contributed by atoms with Gasteiger partial charge in [-0.3, -0.25) is 8.98 Å². The van der Waals surface area contributed by atoms with Crippen LogP contribution in [-0.4, -0.2) is 51.5 Å². The van der Waals surface area contributed by atoms with Crippen LogP contribution in [0.4, 0.5) is 5.69 Å². The highest BCUT2D eigenvalue weighted by atomic mass is 32.2. The summed E-state index contributed by atoms with van der Waals surface area (Å²) in [6.45, 7) is 5.30. The normalized spacial score (nSPS) is 12.8. The van der Waals surface area contributed by atoms with Crippen molar-refractivity contribution in [3.8, 4) is 0 Å². The van der Waals surface area contributed by atoms with E-state index in [-0.39, 0.29) is 13.0 Å². The van der Waals surface area contributed by atoms with Crippen molar-refractivity contribution in [3.05, 3.63) is 29.3 Å². The summed E-state index contributed by atoms with van der Waals surface area (Å²) in [5, 5.41) is 8.86. The molecule has 1 rings (SSSR count). The molecule has 0 bridgehead atoms. The Labute approximate surface area is 149 Å². The van der Waals surface area contributed by atoms with Gasteiger partial charge in [0.05, 0.1) is 19.3 Å². The molecular weight excluding hydrogens is 344 g/mol. The van der Waals surface area contributed by atoms with Gasteiger partial charge in [0.2, 0.25) is 0 Å². The van der Waals surface area contributed by atoms with Crippen molar-refractivity contribution in [3.63, 3.8) is 0 Å². The summed E-state index contributed by atoms with van der Waals surface area (Å²) in [4.78, 5) is 12.8. The maximum atomic E-state index is 11.1. The highest BCUT2D eigenvalue weighted by Crippen LogP contribution is 2.21. The van der Waals surface area contributed by atoms with Gasteiger partial charge in [-0.1, -0.05) is 13.0 Å². The average Bonchev–Trinajstić information content (AvgIpc) is 2.46. The molecule has 8 heteroatoms. The topological polar surface area (TPSA) is 110 Å². The van der Waals surface area contributed by atoms with E-state index in [9.17, 15) is 13.2 Å². The van der Waals surface area contributed by atoms with Crippen molar-refractivity contribution in [2.45, 2.75) is 39.2 Å². The summed E-state index contributed by atoms with van der Waals surface area (Å²) in [6.07, 6.45) is 2.34. The predicted molar refractivity (Wildman–Crippen MR) is 98.4 cm³/mol. The number of aliphatic carboxylic acids is 1. The fourth-order valence-corrected chi connectivity index (χ4v) is 2.97. The van der Waals surface area contributed by atoms with Gasteiger partial charge in [-0.2, -0.15) is 8.42 Å². The Balaban J connectivity index is 2.88. The molecule has 0 aromatic heterocycles. The molecule has 0 saturated carbocycles. The van der Waals surface area contributed by atoms with E-state index in [1.807, 2.05) is 32.0 Å². The van der Waals surface area contributed by atoms with E-state index in [1.165, 1.54) is 0 Å². The summed E-state index contributed by atoms with van der Waals surface area (Å²) in [6, 6.07) is 5.49. The van der Waals surface area contributed by atoms with E-state index in [0.29, 0.717) is 13.0 Å². The van der Waals surface area contributed by atoms with Crippen LogP contribution in [0.15, 0.2) is 18.2 Å². The zero-order chi connectivity index (χ0) is 19.0. The van der Waals surface area contributed by atoms with Gasteiger partial charge in [-0.15, -0.1) is 0 Å². The molecule has 0 radical (unpaired) electrons. The van der Waals surface area contributed by atoms with Crippen LogP contribution in [0.3, 0.4) is 0 Å². The van der Waals surface area contributed by atoms with Crippen LogP contribution in [0.5, 0.6) is 0 Å². The zero-order valence-corrected chi connectivity index (χ0v) is 15.9. The van der Waals surface area contributed by atoms with E-state index in [1.54, 1.807) is 0 Å². The van der Waals surface area contributed by atoms with Crippen molar-refractivity contribution in [1.29, 1.82) is 0 Å². The number of carboxylic acid groups (broad SMARTS) is 1. The van der Waals surface area contributed by atoms with Gasteiger partial charge in [0, 0.05) is 24.8 Å². The van der Waals surface area contributed by atoms with Crippen LogP contribution < -0.4 is 10.6 Å². The van der Waals surface area contributed by atoms with Crippen molar-refractivity contribution >= 4 is 21.8 Å². The van der Waals surface area contributed by atoms with Gasteiger partial charge in [0.25, 0.3) is 10.1 Å². The Bertz CT molecular complexity index is 676. The van der Waals surface area contributed by atoms with Crippen LogP contribution in [0.1, 0.15) is 30.9 Å². The molecule has 0 aliphatic rings. The second-order valence-electron chi connectivity index (χ2n) is 6.19. The lowest BCUT2D eigenvalue weighted by Crippen LogP contribution is -2.29. The number of nitrogens with zero attached hydrogens (tertiary/aromatic N) is 1. The molecule has 3 N–H and O–H groups in total. The molecule has 0 amide bonds. The van der Waals surface area contributed by atoms with Crippen LogP contribution >= 0.6 is 0 Å². The summed E-state index contributed by atoms with van der Waals surface area (Å²) in [7, 11) is -3.46. The third-order valence-electron chi connectivity index (χ3n) is 3.77. The quantitative estimate of drug-likeness (QED) is 0.567. The fourth-order valence-electron chi connectivity index (χ4n) is 2.59. The Hall–Kier alpha value is -1.64. The van der Waals surface area contributed by atoms with Crippen LogP contribution in [0.25, 0.3) is 0 Å². The smallest absolute Gasteiger partial charge is 0.304 e. The first-order valence-corrected chi connectivity index (χ1v) is 10.1. The van der Waals surface area contributed by atoms with Crippen molar-refractivity contribution in [2.75, 3.05) is 30.9 Å². The zero-order valence-electron chi connectivity index (χ0n) is 15.1. The highest BCUT2D eigenvalue weighted by molar-refractivity contribution is 7.85. The van der Waals surface area contributed by atoms with Gasteiger partial charge >= 0.3 is 5.97 Å². The lowest BCUT2D eigenvalue weighted by molar-refractivity contribution is -0.137. The summed E-state index contributed by atoms with van der Waals surface area (Å²) in [5.74, 6) is -0.910. The maximum absolute atomic E-state index is 11.1. The molecule has 0 aliphatic heterocycles. The summed E-state index contributed by atoms with van der Waals surface area (Å²) < 4.78 is 27.1. The number of rotatable bonds is 11. The Morgan fingerprint density at radius 2 is 2.04 bits per heavy atom. The number of benzene rings is 1. The van der Waals surface area contributed by atoms with Gasteiger partial charge < -0.3 is 15.7 Å². The van der Waals surface area contributed by atoms with Crippen LogP contribution in [0.2, 0.25) is 0 Å². The first-order chi connectivity index (χ1) is 11.6. The molecule has 25 heavy (non-hydrogen) atoms. The molecule has 7 nitrogen and oxygen atoms in total. The first kappa shape index (κ1) is 21.4. The third kappa shape index (κ3) is 8.33. The molecule has 0 saturated heterocycles. The number of carbonyl (C=O) groups is 1. The van der Waals surface area contributed by atoms with Crippen molar-refractivity contribution in [1.82, 2.24) is 0 Å². The Kier molecular flexibility index (Phi) is 8.34. The lowest BCUT2D eigenvalue weighted by atomic mass is 9.99. The molecule has 1 atom stereocenters. The van der Waals surface area contributed by atoms with E-state index in [0.717, 1.165) is 36.0 Å². The van der Waals surface area contributed by atoms with Crippen molar-refractivity contribution in [2.24, 2.45) is 5.73 Å². The SMILES string of the molecule is CCCN(CCOS(C)(=O)=O)c1ccc(C)c(C[C@H](N)CC(=O)O)c1. The lowest BCUT2D eigenvalue weighted by Gasteiger charge is -2.25. The molecular formula is C17H28N2O5S. The molecule has 1 aromatic carbocycles. The van der Waals surface area contributed by atoms with Gasteiger partial charge in [0.15, 0.2) is 0 Å². The Morgan fingerprint density at radius 1 is 1.36 bits per heavy atom.